The van der Waals surface area contributed by atoms with Gasteiger partial charge in [-0.1, -0.05) is 6.92 Å². The third-order valence-corrected chi connectivity index (χ3v) is 4.75. The van der Waals surface area contributed by atoms with Gasteiger partial charge in [-0.15, -0.1) is 0 Å². The molecule has 0 aromatic heterocycles. The van der Waals surface area contributed by atoms with Crippen LogP contribution in [0.1, 0.15) is 13.8 Å². The molecule has 0 aromatic carbocycles. The first kappa shape index (κ1) is 14.4. The molecule has 1 rings (SSSR count). The molecule has 0 bridgehead atoms. The maximum absolute atomic E-state index is 11.9. The number of carboxylic acid groups (broad SMARTS) is 1. The summed E-state index contributed by atoms with van der Waals surface area (Å²) in [5, 5.41) is 8.94. The Kier molecular flexibility index (Phi) is 4.91. The Morgan fingerprint density at radius 1 is 1.47 bits per heavy atom. The molecule has 0 aromatic rings. The summed E-state index contributed by atoms with van der Waals surface area (Å²) in [5.74, 6) is -1.76. The molecule has 0 radical (unpaired) electrons. The Morgan fingerprint density at radius 3 is 2.59 bits per heavy atom. The molecule has 0 aliphatic carbocycles. The van der Waals surface area contributed by atoms with Crippen molar-refractivity contribution in [3.8, 4) is 0 Å². The summed E-state index contributed by atoms with van der Waals surface area (Å²) < 4.78 is 30.0. The van der Waals surface area contributed by atoms with Crippen molar-refractivity contribution in [3.63, 3.8) is 0 Å². The molecule has 0 unspecified atom stereocenters. The van der Waals surface area contributed by atoms with Crippen LogP contribution < -0.4 is 0 Å². The van der Waals surface area contributed by atoms with Gasteiger partial charge in [0.2, 0.25) is 10.0 Å². The maximum atomic E-state index is 11.9. The van der Waals surface area contributed by atoms with E-state index in [4.69, 9.17) is 9.84 Å². The Bertz CT molecular complexity index is 367. The summed E-state index contributed by atoms with van der Waals surface area (Å²) in [6.45, 7) is 4.55. The van der Waals surface area contributed by atoms with Gasteiger partial charge >= 0.3 is 5.97 Å². The highest BCUT2D eigenvalue weighted by Crippen LogP contribution is 2.25. The number of aliphatic carboxylic acids is 1. The lowest BCUT2D eigenvalue weighted by Crippen LogP contribution is -2.33. The summed E-state index contributed by atoms with van der Waals surface area (Å²) in [6.07, 6.45) is 0. The number of nitrogens with zero attached hydrogens (tertiary/aromatic N) is 1. The van der Waals surface area contributed by atoms with Crippen LogP contribution in [0.5, 0.6) is 0 Å². The average Bonchev–Trinajstić information content (AvgIpc) is 2.61. The van der Waals surface area contributed by atoms with E-state index in [1.54, 1.807) is 13.8 Å². The predicted octanol–water partition coefficient (Wildman–Crippen LogP) is 0.00520. The molecule has 1 N–H and O–H groups in total. The van der Waals surface area contributed by atoms with E-state index in [0.29, 0.717) is 6.61 Å². The highest BCUT2D eigenvalue weighted by atomic mass is 32.2. The van der Waals surface area contributed by atoms with Crippen LogP contribution in [-0.4, -0.2) is 55.9 Å². The zero-order chi connectivity index (χ0) is 13.1. The Morgan fingerprint density at radius 2 is 2.12 bits per heavy atom. The molecule has 2 atom stereocenters. The van der Waals surface area contributed by atoms with Gasteiger partial charge in [0.05, 0.1) is 18.3 Å². The van der Waals surface area contributed by atoms with E-state index in [2.05, 4.69) is 0 Å². The standard InChI is InChI=1S/C10H19NO5S/c1-3-16-4-5-17(14,15)11-6-8(2)9(7-11)10(12)13/h8-9H,3-7H2,1-2H3,(H,12,13)/t8-,9-/m1/s1. The molecule has 1 aliphatic heterocycles. The van der Waals surface area contributed by atoms with Crippen LogP contribution >= 0.6 is 0 Å². The number of sulfonamides is 1. The second kappa shape index (κ2) is 5.79. The van der Waals surface area contributed by atoms with E-state index in [1.165, 1.54) is 4.31 Å². The highest BCUT2D eigenvalue weighted by Gasteiger charge is 2.39. The molecule has 1 aliphatic rings. The summed E-state index contributed by atoms with van der Waals surface area (Å²) in [7, 11) is -3.39. The molecule has 7 heteroatoms. The Labute approximate surface area is 102 Å². The number of carbonyl (C=O) groups is 1. The molecule has 100 valence electrons. The second-order valence-corrected chi connectivity index (χ2v) is 6.34. The van der Waals surface area contributed by atoms with Gasteiger partial charge < -0.3 is 9.84 Å². The van der Waals surface area contributed by atoms with Crippen molar-refractivity contribution < 1.29 is 23.1 Å². The van der Waals surface area contributed by atoms with Gasteiger partial charge in [-0.3, -0.25) is 4.79 Å². The zero-order valence-corrected chi connectivity index (χ0v) is 10.9. The Balaban J connectivity index is 2.60. The smallest absolute Gasteiger partial charge is 0.308 e. The van der Waals surface area contributed by atoms with Crippen LogP contribution in [0.3, 0.4) is 0 Å². The number of ether oxygens (including phenoxy) is 1. The van der Waals surface area contributed by atoms with Crippen LogP contribution in [0.25, 0.3) is 0 Å². The van der Waals surface area contributed by atoms with Gasteiger partial charge in [-0.25, -0.2) is 12.7 Å². The van der Waals surface area contributed by atoms with Crippen LogP contribution in [0.15, 0.2) is 0 Å². The van der Waals surface area contributed by atoms with Crippen LogP contribution in [0.2, 0.25) is 0 Å². The monoisotopic (exact) mass is 265 g/mol. The van der Waals surface area contributed by atoms with Gasteiger partial charge in [0.1, 0.15) is 0 Å². The topological polar surface area (TPSA) is 83.9 Å². The van der Waals surface area contributed by atoms with Crippen molar-refractivity contribution in [1.29, 1.82) is 0 Å². The van der Waals surface area contributed by atoms with E-state index < -0.39 is 21.9 Å². The fourth-order valence-electron chi connectivity index (χ4n) is 1.91. The van der Waals surface area contributed by atoms with Crippen molar-refractivity contribution in [3.05, 3.63) is 0 Å². The fourth-order valence-corrected chi connectivity index (χ4v) is 3.35. The molecular weight excluding hydrogens is 246 g/mol. The van der Waals surface area contributed by atoms with Crippen molar-refractivity contribution in [2.24, 2.45) is 11.8 Å². The number of hydrogen-bond acceptors (Lipinski definition) is 4. The first-order chi connectivity index (χ1) is 7.88. The fraction of sp³-hybridized carbons (Fsp3) is 0.900. The lowest BCUT2D eigenvalue weighted by atomic mass is 9.99. The van der Waals surface area contributed by atoms with Gasteiger partial charge in [0.25, 0.3) is 0 Å². The van der Waals surface area contributed by atoms with E-state index in [9.17, 15) is 13.2 Å². The molecule has 0 spiro atoms. The van der Waals surface area contributed by atoms with E-state index >= 15 is 0 Å². The molecule has 1 heterocycles. The van der Waals surface area contributed by atoms with E-state index in [-0.39, 0.29) is 31.4 Å². The molecule has 0 amide bonds. The Hall–Kier alpha value is -0.660. The second-order valence-electron chi connectivity index (χ2n) is 4.25. The van der Waals surface area contributed by atoms with Gasteiger partial charge in [-0.05, 0) is 12.8 Å². The lowest BCUT2D eigenvalue weighted by molar-refractivity contribution is -0.142. The third-order valence-electron chi connectivity index (χ3n) is 2.98. The number of carboxylic acids is 1. The van der Waals surface area contributed by atoms with Crippen LogP contribution in [0.4, 0.5) is 0 Å². The van der Waals surface area contributed by atoms with Gasteiger partial charge in [0.15, 0.2) is 0 Å². The summed E-state index contributed by atoms with van der Waals surface area (Å²) in [4.78, 5) is 10.9. The molecule has 1 saturated heterocycles. The molecule has 6 nitrogen and oxygen atoms in total. The summed E-state index contributed by atoms with van der Waals surface area (Å²) in [6, 6.07) is 0. The summed E-state index contributed by atoms with van der Waals surface area (Å²) in [5.41, 5.74) is 0. The lowest BCUT2D eigenvalue weighted by Gasteiger charge is -2.15. The predicted molar refractivity (Wildman–Crippen MR) is 62.1 cm³/mol. The van der Waals surface area contributed by atoms with Crippen molar-refractivity contribution in [2.75, 3.05) is 32.1 Å². The molecule has 0 saturated carbocycles. The number of hydrogen-bond donors (Lipinski definition) is 1. The van der Waals surface area contributed by atoms with Crippen molar-refractivity contribution >= 4 is 16.0 Å². The highest BCUT2D eigenvalue weighted by molar-refractivity contribution is 7.89. The first-order valence-corrected chi connectivity index (χ1v) is 7.27. The minimum atomic E-state index is -3.39. The largest absolute Gasteiger partial charge is 0.481 e. The van der Waals surface area contributed by atoms with Crippen LogP contribution in [0, 0.1) is 11.8 Å². The van der Waals surface area contributed by atoms with Crippen molar-refractivity contribution in [2.45, 2.75) is 13.8 Å². The van der Waals surface area contributed by atoms with E-state index in [1.807, 2.05) is 0 Å². The third kappa shape index (κ3) is 3.65. The average molecular weight is 265 g/mol. The van der Waals surface area contributed by atoms with E-state index in [0.717, 1.165) is 0 Å². The minimum absolute atomic E-state index is 0.0744. The quantitative estimate of drug-likeness (QED) is 0.684. The SMILES string of the molecule is CCOCCS(=O)(=O)N1C[C@@H](C)[C@H](C(=O)O)C1. The van der Waals surface area contributed by atoms with Crippen LogP contribution in [-0.2, 0) is 19.6 Å². The number of rotatable bonds is 6. The molecule has 17 heavy (non-hydrogen) atoms. The zero-order valence-electron chi connectivity index (χ0n) is 10.1. The summed E-state index contributed by atoms with van der Waals surface area (Å²) >= 11 is 0. The van der Waals surface area contributed by atoms with Gasteiger partial charge in [0, 0.05) is 19.7 Å². The van der Waals surface area contributed by atoms with Gasteiger partial charge in [-0.2, -0.15) is 0 Å². The molecule has 1 fully saturated rings. The molecular formula is C10H19NO5S. The maximum Gasteiger partial charge on any atom is 0.308 e. The minimum Gasteiger partial charge on any atom is -0.481 e. The first-order valence-electron chi connectivity index (χ1n) is 5.67. The van der Waals surface area contributed by atoms with Crippen molar-refractivity contribution in [1.82, 2.24) is 4.31 Å². The normalized spacial score (nSPS) is 26.2.